The van der Waals surface area contributed by atoms with E-state index in [9.17, 15) is 9.59 Å². The highest BCUT2D eigenvalue weighted by Gasteiger charge is 2.22. The summed E-state index contributed by atoms with van der Waals surface area (Å²) in [7, 11) is 1.53. The average molecular weight is 473 g/mol. The van der Waals surface area contributed by atoms with E-state index in [0.717, 1.165) is 5.56 Å². The molecule has 3 rings (SSSR count). The van der Waals surface area contributed by atoms with Gasteiger partial charge >= 0.3 is 5.97 Å². The maximum atomic E-state index is 12.4. The summed E-state index contributed by atoms with van der Waals surface area (Å²) < 4.78 is 3.40. The molecule has 2 heterocycles. The van der Waals surface area contributed by atoms with Crippen molar-refractivity contribution < 1.29 is 14.7 Å². The highest BCUT2D eigenvalue weighted by Crippen LogP contribution is 2.25. The normalized spacial score (nSPS) is 10.8. The summed E-state index contributed by atoms with van der Waals surface area (Å²) in [6.07, 6.45) is 3.01. The van der Waals surface area contributed by atoms with Gasteiger partial charge in [-0.15, -0.1) is 0 Å². The smallest absolute Gasteiger partial charge is 0.357 e. The van der Waals surface area contributed by atoms with Gasteiger partial charge in [0.2, 0.25) is 0 Å². The van der Waals surface area contributed by atoms with E-state index >= 15 is 0 Å². The minimum Gasteiger partial charge on any atom is -0.476 e. The number of carboxylic acids is 1. The molecule has 27 heavy (non-hydrogen) atoms. The van der Waals surface area contributed by atoms with E-state index in [-0.39, 0.29) is 17.1 Å². The Kier molecular flexibility index (Phi) is 5.54. The fraction of sp³-hybridized carbons (Fsp3) is 0.125. The Bertz CT molecular complexity index is 1050. The van der Waals surface area contributed by atoms with Crippen LogP contribution in [0.1, 0.15) is 26.4 Å². The van der Waals surface area contributed by atoms with Crippen LogP contribution < -0.4 is 5.32 Å². The number of halogens is 3. The molecular weight excluding hydrogens is 461 g/mol. The monoisotopic (exact) mass is 471 g/mol. The van der Waals surface area contributed by atoms with E-state index in [2.05, 4.69) is 31.4 Å². The van der Waals surface area contributed by atoms with E-state index in [4.69, 9.17) is 28.3 Å². The molecule has 3 aromatic rings. The van der Waals surface area contributed by atoms with E-state index in [1.165, 1.54) is 17.9 Å². The van der Waals surface area contributed by atoms with Crippen molar-refractivity contribution in [3.05, 3.63) is 61.9 Å². The summed E-state index contributed by atoms with van der Waals surface area (Å²) in [4.78, 5) is 23.6. The molecule has 0 saturated heterocycles. The van der Waals surface area contributed by atoms with Gasteiger partial charge in [-0.05, 0) is 33.6 Å². The summed E-state index contributed by atoms with van der Waals surface area (Å²) >= 11 is 15.2. The van der Waals surface area contributed by atoms with Crippen molar-refractivity contribution in [2.45, 2.75) is 6.54 Å². The third-order valence-electron chi connectivity index (χ3n) is 3.55. The number of carbonyl (C=O) groups excluding carboxylic acids is 1. The molecule has 0 bridgehead atoms. The maximum absolute atomic E-state index is 12.4. The van der Waals surface area contributed by atoms with Gasteiger partial charge in [0, 0.05) is 19.4 Å². The van der Waals surface area contributed by atoms with Gasteiger partial charge in [0.25, 0.3) is 5.91 Å². The number of rotatable bonds is 5. The molecule has 0 unspecified atom stereocenters. The van der Waals surface area contributed by atoms with Crippen LogP contribution in [-0.2, 0) is 13.6 Å². The molecule has 8 nitrogen and oxygen atoms in total. The van der Waals surface area contributed by atoms with E-state index in [0.29, 0.717) is 21.1 Å². The quantitative estimate of drug-likeness (QED) is 0.589. The third-order valence-corrected chi connectivity index (χ3v) is 4.87. The Labute approximate surface area is 171 Å². The molecule has 0 radical (unpaired) electrons. The maximum Gasteiger partial charge on any atom is 0.357 e. The molecule has 0 spiro atoms. The number of hydrogen-bond donors (Lipinski definition) is 2. The molecule has 1 amide bonds. The molecule has 0 aliphatic heterocycles. The lowest BCUT2D eigenvalue weighted by molar-refractivity contribution is 0.0685. The number of aryl methyl sites for hydroxylation is 1. The van der Waals surface area contributed by atoms with Gasteiger partial charge in [-0.3, -0.25) is 14.2 Å². The first kappa shape index (κ1) is 19.4. The molecule has 2 aromatic heterocycles. The number of aromatic carboxylic acids is 1. The lowest BCUT2D eigenvalue weighted by atomic mass is 10.2. The van der Waals surface area contributed by atoms with Gasteiger partial charge in [-0.25, -0.2) is 4.79 Å². The SMILES string of the molecule is Cn1cc(C(=O)Nc2nn(Cc3ccc(Cl)c(Cl)c3)cc2Br)c(C(=O)O)n1. The lowest BCUT2D eigenvalue weighted by Gasteiger charge is -2.04. The number of nitrogens with one attached hydrogen (secondary N) is 1. The van der Waals surface area contributed by atoms with Crippen LogP contribution in [0.4, 0.5) is 5.82 Å². The summed E-state index contributed by atoms with van der Waals surface area (Å²) in [5.74, 6) is -1.66. The zero-order valence-corrected chi connectivity index (χ0v) is 16.9. The van der Waals surface area contributed by atoms with Gasteiger partial charge < -0.3 is 10.4 Å². The predicted molar refractivity (Wildman–Crippen MR) is 104 cm³/mol. The molecule has 0 aliphatic rings. The van der Waals surface area contributed by atoms with E-state index < -0.39 is 11.9 Å². The van der Waals surface area contributed by atoms with Crippen LogP contribution in [-0.4, -0.2) is 36.5 Å². The van der Waals surface area contributed by atoms with Crippen molar-refractivity contribution in [2.75, 3.05) is 5.32 Å². The second-order valence-electron chi connectivity index (χ2n) is 5.60. The van der Waals surface area contributed by atoms with Gasteiger partial charge in [0.05, 0.1) is 26.6 Å². The fourth-order valence-electron chi connectivity index (χ4n) is 2.38. The number of anilines is 1. The average Bonchev–Trinajstić information content (AvgIpc) is 3.14. The zero-order chi connectivity index (χ0) is 19.7. The first-order valence-corrected chi connectivity index (χ1v) is 9.04. The van der Waals surface area contributed by atoms with Crippen LogP contribution in [0.2, 0.25) is 10.0 Å². The van der Waals surface area contributed by atoms with Gasteiger partial charge in [-0.1, -0.05) is 29.3 Å². The number of hydrogen-bond acceptors (Lipinski definition) is 4. The topological polar surface area (TPSA) is 102 Å². The van der Waals surface area contributed by atoms with Gasteiger partial charge in [0.1, 0.15) is 0 Å². The summed E-state index contributed by atoms with van der Waals surface area (Å²) in [5, 5.41) is 20.7. The predicted octanol–water partition coefficient (Wildman–Crippen LogP) is 3.68. The van der Waals surface area contributed by atoms with Crippen molar-refractivity contribution in [3.63, 3.8) is 0 Å². The number of amides is 1. The Morgan fingerprint density at radius 3 is 2.63 bits per heavy atom. The van der Waals surface area contributed by atoms with Crippen LogP contribution in [0.5, 0.6) is 0 Å². The summed E-state index contributed by atoms with van der Waals surface area (Å²) in [5.41, 5.74) is 0.481. The minimum absolute atomic E-state index is 0.0593. The first-order valence-electron chi connectivity index (χ1n) is 7.49. The summed E-state index contributed by atoms with van der Waals surface area (Å²) in [6, 6.07) is 5.24. The van der Waals surface area contributed by atoms with E-state index in [1.54, 1.807) is 23.0 Å². The number of carboxylic acid groups (broad SMARTS) is 1. The number of nitrogens with zero attached hydrogens (tertiary/aromatic N) is 4. The number of aromatic nitrogens is 4. The Morgan fingerprint density at radius 2 is 1.96 bits per heavy atom. The van der Waals surface area contributed by atoms with E-state index in [1.807, 2.05) is 6.07 Å². The molecule has 1 aromatic carbocycles. The largest absolute Gasteiger partial charge is 0.476 e. The molecule has 2 N–H and O–H groups in total. The second-order valence-corrected chi connectivity index (χ2v) is 7.26. The highest BCUT2D eigenvalue weighted by atomic mass is 79.9. The van der Waals surface area contributed by atoms with Crippen molar-refractivity contribution in [2.24, 2.45) is 7.05 Å². The van der Waals surface area contributed by atoms with Crippen LogP contribution in [0.3, 0.4) is 0 Å². The van der Waals surface area contributed by atoms with Gasteiger partial charge in [0.15, 0.2) is 11.5 Å². The fourth-order valence-corrected chi connectivity index (χ4v) is 3.11. The standard InChI is InChI=1S/C16H12BrCl2N5O3/c1-23-6-9(13(21-23)16(26)27)15(25)20-14-10(17)7-24(22-14)5-8-2-3-11(18)12(19)4-8/h2-4,6-7H,5H2,1H3,(H,26,27)(H,20,22,25). The molecule has 0 fully saturated rings. The van der Waals surface area contributed by atoms with Crippen LogP contribution in [0.15, 0.2) is 35.1 Å². The highest BCUT2D eigenvalue weighted by molar-refractivity contribution is 9.10. The zero-order valence-electron chi connectivity index (χ0n) is 13.8. The van der Waals surface area contributed by atoms with Crippen LogP contribution in [0, 0.1) is 0 Å². The number of benzene rings is 1. The molecular formula is C16H12BrCl2N5O3. The molecule has 0 atom stereocenters. The minimum atomic E-state index is -1.29. The molecule has 140 valence electrons. The Hall–Kier alpha value is -2.36. The third kappa shape index (κ3) is 4.32. The van der Waals surface area contributed by atoms with Crippen LogP contribution >= 0.6 is 39.1 Å². The van der Waals surface area contributed by atoms with Gasteiger partial charge in [-0.2, -0.15) is 10.2 Å². The van der Waals surface area contributed by atoms with Crippen molar-refractivity contribution in [1.82, 2.24) is 19.6 Å². The second kappa shape index (κ2) is 7.71. The van der Waals surface area contributed by atoms with Crippen molar-refractivity contribution in [3.8, 4) is 0 Å². The Balaban J connectivity index is 1.79. The van der Waals surface area contributed by atoms with Crippen molar-refractivity contribution in [1.29, 1.82) is 0 Å². The molecule has 0 aliphatic carbocycles. The number of carbonyl (C=O) groups is 2. The molecule has 11 heteroatoms. The molecule has 0 saturated carbocycles. The first-order chi connectivity index (χ1) is 12.7. The van der Waals surface area contributed by atoms with Crippen LogP contribution in [0.25, 0.3) is 0 Å². The Morgan fingerprint density at radius 1 is 1.22 bits per heavy atom. The summed E-state index contributed by atoms with van der Waals surface area (Å²) in [6.45, 7) is 0.401. The lowest BCUT2D eigenvalue weighted by Crippen LogP contribution is -2.16. The van der Waals surface area contributed by atoms with Crippen molar-refractivity contribution >= 4 is 56.8 Å².